The van der Waals surface area contributed by atoms with Gasteiger partial charge in [-0.2, -0.15) is 0 Å². The molecule has 1 amide bonds. The quantitative estimate of drug-likeness (QED) is 0.257. The third-order valence-electron chi connectivity index (χ3n) is 4.57. The van der Waals surface area contributed by atoms with Crippen molar-refractivity contribution < 1.29 is 14.1 Å². The predicted molar refractivity (Wildman–Crippen MR) is 124 cm³/mol. The van der Waals surface area contributed by atoms with Crippen LogP contribution in [0, 0.1) is 24.0 Å². The van der Waals surface area contributed by atoms with Crippen LogP contribution in [-0.2, 0) is 0 Å². The summed E-state index contributed by atoms with van der Waals surface area (Å²) in [5.41, 5.74) is 3.35. The van der Waals surface area contributed by atoms with Crippen LogP contribution in [0.3, 0.4) is 0 Å². The Morgan fingerprint density at radius 2 is 1.39 bits per heavy atom. The highest BCUT2D eigenvalue weighted by Gasteiger charge is 2.17. The summed E-state index contributed by atoms with van der Waals surface area (Å²) in [6.45, 7) is 3.84. The number of carbonyl (C=O) groups is 1. The van der Waals surface area contributed by atoms with Crippen molar-refractivity contribution in [2.75, 3.05) is 16.0 Å². The molecule has 2 heterocycles. The number of amides is 1. The monoisotopic (exact) mass is 444 g/mol. The van der Waals surface area contributed by atoms with Gasteiger partial charge in [-0.15, -0.1) is 0 Å². The second kappa shape index (κ2) is 9.18. The highest BCUT2D eigenvalue weighted by Crippen LogP contribution is 2.23. The van der Waals surface area contributed by atoms with Gasteiger partial charge >= 0.3 is 5.88 Å². The molecule has 0 unspecified atom stereocenters. The van der Waals surface area contributed by atoms with Crippen molar-refractivity contribution in [3.63, 3.8) is 0 Å². The van der Waals surface area contributed by atoms with Crippen molar-refractivity contribution in [1.82, 2.24) is 9.97 Å². The molecule has 0 atom stereocenters. The van der Waals surface area contributed by atoms with Gasteiger partial charge in [0, 0.05) is 23.1 Å². The maximum Gasteiger partial charge on any atom is 0.433 e. The molecular weight excluding hydrogens is 424 g/mol. The Bertz CT molecular complexity index is 1300. The molecule has 0 saturated carbocycles. The van der Waals surface area contributed by atoms with E-state index in [1.807, 2.05) is 38.1 Å². The fourth-order valence-corrected chi connectivity index (χ4v) is 3.01. The molecule has 10 nitrogen and oxygen atoms in total. The van der Waals surface area contributed by atoms with Crippen LogP contribution in [0.4, 0.5) is 34.6 Å². The summed E-state index contributed by atoms with van der Waals surface area (Å²) < 4.78 is 4.91. The lowest BCUT2D eigenvalue weighted by Gasteiger charge is -2.11. The molecule has 0 aliphatic heterocycles. The van der Waals surface area contributed by atoms with Gasteiger partial charge in [-0.25, -0.2) is 9.97 Å². The van der Waals surface area contributed by atoms with Crippen LogP contribution in [0.15, 0.2) is 71.1 Å². The largest absolute Gasteiger partial charge is 0.433 e. The van der Waals surface area contributed by atoms with E-state index in [4.69, 9.17) is 4.42 Å². The zero-order chi connectivity index (χ0) is 23.4. The summed E-state index contributed by atoms with van der Waals surface area (Å²) in [6.07, 6.45) is 0. The van der Waals surface area contributed by atoms with E-state index in [1.165, 1.54) is 11.6 Å². The van der Waals surface area contributed by atoms with Crippen LogP contribution in [0.2, 0.25) is 0 Å². The summed E-state index contributed by atoms with van der Waals surface area (Å²) in [5.74, 6) is 0.653. The first-order chi connectivity index (χ1) is 15.9. The van der Waals surface area contributed by atoms with Crippen LogP contribution in [0.25, 0.3) is 0 Å². The van der Waals surface area contributed by atoms with E-state index >= 15 is 0 Å². The molecule has 0 radical (unpaired) electrons. The van der Waals surface area contributed by atoms with Gasteiger partial charge in [0.15, 0.2) is 5.76 Å². The van der Waals surface area contributed by atoms with Crippen molar-refractivity contribution in [3.05, 3.63) is 94.0 Å². The summed E-state index contributed by atoms with van der Waals surface area (Å²) in [5, 5.41) is 19.8. The van der Waals surface area contributed by atoms with Crippen LogP contribution in [0.1, 0.15) is 21.9 Å². The molecule has 2 aromatic heterocycles. The predicted octanol–water partition coefficient (Wildman–Crippen LogP) is 5.33. The van der Waals surface area contributed by atoms with Gasteiger partial charge in [-0.3, -0.25) is 14.9 Å². The zero-order valence-electron chi connectivity index (χ0n) is 17.8. The lowest BCUT2D eigenvalue weighted by Crippen LogP contribution is -2.10. The topological polar surface area (TPSA) is 135 Å². The number of carbonyl (C=O) groups excluding carboxylic acids is 1. The molecule has 0 spiro atoms. The first-order valence-corrected chi connectivity index (χ1v) is 9.98. The molecule has 0 fully saturated rings. The number of aryl methyl sites for hydroxylation is 2. The van der Waals surface area contributed by atoms with Crippen LogP contribution >= 0.6 is 0 Å². The molecule has 3 N–H and O–H groups in total. The summed E-state index contributed by atoms with van der Waals surface area (Å²) in [7, 11) is 0. The first kappa shape index (κ1) is 21.5. The van der Waals surface area contributed by atoms with Crippen molar-refractivity contribution in [2.24, 2.45) is 0 Å². The van der Waals surface area contributed by atoms with Crippen LogP contribution < -0.4 is 16.0 Å². The number of benzene rings is 2. The minimum Gasteiger partial charge on any atom is -0.395 e. The number of nitrogens with one attached hydrogen (secondary N) is 3. The molecule has 4 rings (SSSR count). The SMILES string of the molecule is Cc1ccc(Nc2cc(Nc3ccc(NC(=O)c4ccc([N+](=O)[O-])o4)cc3)nc(C)n2)cc1. The molecule has 10 heteroatoms. The van der Waals surface area contributed by atoms with E-state index in [0.717, 1.165) is 17.4 Å². The number of nitro groups is 1. The van der Waals surface area contributed by atoms with E-state index in [2.05, 4.69) is 25.9 Å². The van der Waals surface area contributed by atoms with Crippen molar-refractivity contribution in [1.29, 1.82) is 0 Å². The fraction of sp³-hybridized carbons (Fsp3) is 0.0870. The summed E-state index contributed by atoms with van der Waals surface area (Å²) in [4.78, 5) is 31.0. The van der Waals surface area contributed by atoms with Gasteiger partial charge in [0.2, 0.25) is 0 Å². The van der Waals surface area contributed by atoms with E-state index in [1.54, 1.807) is 30.3 Å². The van der Waals surface area contributed by atoms with Crippen molar-refractivity contribution in [2.45, 2.75) is 13.8 Å². The summed E-state index contributed by atoms with van der Waals surface area (Å²) in [6, 6.07) is 19.1. The second-order valence-corrected chi connectivity index (χ2v) is 7.23. The molecule has 33 heavy (non-hydrogen) atoms. The smallest absolute Gasteiger partial charge is 0.395 e. The highest BCUT2D eigenvalue weighted by atomic mass is 16.6. The number of aromatic nitrogens is 2. The molecule has 2 aromatic carbocycles. The Balaban J connectivity index is 1.42. The number of furan rings is 1. The number of anilines is 5. The molecule has 166 valence electrons. The van der Waals surface area contributed by atoms with Gasteiger partial charge in [0.1, 0.15) is 22.4 Å². The van der Waals surface area contributed by atoms with Crippen LogP contribution in [0.5, 0.6) is 0 Å². The lowest BCUT2D eigenvalue weighted by atomic mass is 10.2. The zero-order valence-corrected chi connectivity index (χ0v) is 17.8. The van der Waals surface area contributed by atoms with Crippen molar-refractivity contribution in [3.8, 4) is 0 Å². The number of hydrogen-bond donors (Lipinski definition) is 3. The maximum absolute atomic E-state index is 12.2. The highest BCUT2D eigenvalue weighted by molar-refractivity contribution is 6.02. The number of nitrogens with zero attached hydrogens (tertiary/aromatic N) is 3. The van der Waals surface area contributed by atoms with E-state index in [-0.39, 0.29) is 5.76 Å². The third-order valence-corrected chi connectivity index (χ3v) is 4.57. The molecule has 0 aliphatic carbocycles. The fourth-order valence-electron chi connectivity index (χ4n) is 3.01. The van der Waals surface area contributed by atoms with E-state index in [9.17, 15) is 14.9 Å². The summed E-state index contributed by atoms with van der Waals surface area (Å²) >= 11 is 0. The normalized spacial score (nSPS) is 10.5. The average Bonchev–Trinajstić information content (AvgIpc) is 3.27. The van der Waals surface area contributed by atoms with Gasteiger partial charge in [-0.05, 0) is 56.3 Å². The Morgan fingerprint density at radius 1 is 0.848 bits per heavy atom. The molecular formula is C23H20N6O4. The Hall–Kier alpha value is -4.73. The van der Waals surface area contributed by atoms with Crippen molar-refractivity contribution >= 4 is 40.5 Å². The Morgan fingerprint density at radius 3 is 1.94 bits per heavy atom. The number of hydrogen-bond acceptors (Lipinski definition) is 8. The Labute approximate surface area is 188 Å². The van der Waals surface area contributed by atoms with Gasteiger partial charge in [0.05, 0.1) is 6.07 Å². The van der Waals surface area contributed by atoms with Crippen LogP contribution in [-0.4, -0.2) is 20.8 Å². The lowest BCUT2D eigenvalue weighted by molar-refractivity contribution is -0.402. The second-order valence-electron chi connectivity index (χ2n) is 7.23. The standard InChI is InChI=1S/C23H20N6O4/c1-14-3-5-16(6-4-14)26-20-13-21(25-15(2)24-20)27-17-7-9-18(10-8-17)28-23(30)19-11-12-22(33-19)29(31)32/h3-13H,1-2H3,(H,28,30)(H2,24,25,26,27). The third kappa shape index (κ3) is 5.50. The molecule has 4 aromatic rings. The van der Waals surface area contributed by atoms with Gasteiger partial charge in [-0.1, -0.05) is 17.7 Å². The molecule has 0 bridgehead atoms. The molecule has 0 saturated heterocycles. The number of rotatable bonds is 7. The van der Waals surface area contributed by atoms with E-state index < -0.39 is 16.7 Å². The van der Waals surface area contributed by atoms with Gasteiger partial charge < -0.3 is 20.4 Å². The minimum atomic E-state index is -0.701. The first-order valence-electron chi connectivity index (χ1n) is 9.98. The van der Waals surface area contributed by atoms with E-state index in [0.29, 0.717) is 23.1 Å². The minimum absolute atomic E-state index is 0.144. The van der Waals surface area contributed by atoms with Gasteiger partial charge in [0.25, 0.3) is 5.91 Å². The maximum atomic E-state index is 12.2. The molecule has 0 aliphatic rings. The Kier molecular flexibility index (Phi) is 5.98. The average molecular weight is 444 g/mol.